The van der Waals surface area contributed by atoms with Gasteiger partial charge in [0.1, 0.15) is 16.5 Å². The molecule has 0 aliphatic carbocycles. The normalized spacial score (nSPS) is 16.6. The van der Waals surface area contributed by atoms with Crippen molar-refractivity contribution in [2.24, 2.45) is 5.92 Å². The standard InChI is InChI=1S/C18H16F3N5OS/c19-18(20,21)12-6-7-14-24-25-15(26(14)9-12)8-22-16(27)13-10-28-17(23-13)11-4-2-1-3-5-11/h1-5,10,12H,6-9H2,(H,22,27)/t12-/m0/s1. The van der Waals surface area contributed by atoms with E-state index in [9.17, 15) is 18.0 Å². The maximum absolute atomic E-state index is 13.0. The number of hydrogen-bond acceptors (Lipinski definition) is 5. The van der Waals surface area contributed by atoms with Crippen molar-refractivity contribution >= 4 is 17.2 Å². The van der Waals surface area contributed by atoms with Crippen LogP contribution >= 0.6 is 11.3 Å². The maximum atomic E-state index is 13.0. The van der Waals surface area contributed by atoms with Crippen LogP contribution in [0.15, 0.2) is 35.7 Å². The maximum Gasteiger partial charge on any atom is 0.393 e. The number of alkyl halides is 3. The van der Waals surface area contributed by atoms with E-state index in [1.807, 2.05) is 30.3 Å². The summed E-state index contributed by atoms with van der Waals surface area (Å²) in [5, 5.41) is 12.9. The van der Waals surface area contributed by atoms with Crippen LogP contribution in [0.1, 0.15) is 28.6 Å². The van der Waals surface area contributed by atoms with Gasteiger partial charge in [0.05, 0.1) is 12.5 Å². The summed E-state index contributed by atoms with van der Waals surface area (Å²) in [4.78, 5) is 16.7. The fraction of sp³-hybridized carbons (Fsp3) is 0.333. The summed E-state index contributed by atoms with van der Waals surface area (Å²) in [7, 11) is 0. The van der Waals surface area contributed by atoms with Crippen molar-refractivity contribution in [2.45, 2.75) is 32.1 Å². The van der Waals surface area contributed by atoms with Gasteiger partial charge in [-0.25, -0.2) is 4.98 Å². The first-order valence-corrected chi connectivity index (χ1v) is 9.56. The molecule has 2 aromatic heterocycles. The minimum atomic E-state index is -4.25. The molecule has 0 saturated carbocycles. The number of aromatic nitrogens is 4. The van der Waals surface area contributed by atoms with Crippen LogP contribution in [-0.2, 0) is 19.5 Å². The Morgan fingerprint density at radius 2 is 2.04 bits per heavy atom. The van der Waals surface area contributed by atoms with Crippen molar-refractivity contribution < 1.29 is 18.0 Å². The lowest BCUT2D eigenvalue weighted by atomic mass is 9.99. The summed E-state index contributed by atoms with van der Waals surface area (Å²) in [5.41, 5.74) is 1.17. The molecule has 0 saturated heterocycles. The first kappa shape index (κ1) is 18.6. The lowest BCUT2D eigenvalue weighted by molar-refractivity contribution is -0.182. The van der Waals surface area contributed by atoms with E-state index in [1.54, 1.807) is 5.38 Å². The Labute approximate surface area is 162 Å². The minimum absolute atomic E-state index is 0.00535. The molecule has 0 radical (unpaired) electrons. The third kappa shape index (κ3) is 3.77. The molecule has 3 aromatic rings. The zero-order valence-electron chi connectivity index (χ0n) is 14.6. The quantitative estimate of drug-likeness (QED) is 0.719. The van der Waals surface area contributed by atoms with Gasteiger partial charge in [0.15, 0.2) is 5.82 Å². The molecule has 10 heteroatoms. The lowest BCUT2D eigenvalue weighted by Gasteiger charge is -2.26. The van der Waals surface area contributed by atoms with Crippen molar-refractivity contribution in [3.63, 3.8) is 0 Å². The van der Waals surface area contributed by atoms with Gasteiger partial charge in [-0.15, -0.1) is 21.5 Å². The van der Waals surface area contributed by atoms with E-state index < -0.39 is 18.0 Å². The van der Waals surface area contributed by atoms with Gasteiger partial charge < -0.3 is 9.88 Å². The van der Waals surface area contributed by atoms with Gasteiger partial charge in [-0.3, -0.25) is 4.79 Å². The van der Waals surface area contributed by atoms with Crippen LogP contribution in [0.25, 0.3) is 10.6 Å². The number of aryl methyl sites for hydroxylation is 1. The van der Waals surface area contributed by atoms with E-state index in [1.165, 1.54) is 15.9 Å². The van der Waals surface area contributed by atoms with E-state index in [-0.39, 0.29) is 31.6 Å². The molecule has 0 bridgehead atoms. The Bertz CT molecular complexity index is 983. The van der Waals surface area contributed by atoms with E-state index >= 15 is 0 Å². The molecule has 1 N–H and O–H groups in total. The van der Waals surface area contributed by atoms with Gasteiger partial charge in [-0.2, -0.15) is 13.2 Å². The van der Waals surface area contributed by atoms with Crippen molar-refractivity contribution in [1.82, 2.24) is 25.1 Å². The summed E-state index contributed by atoms with van der Waals surface area (Å²) in [6.45, 7) is -0.222. The highest BCUT2D eigenvalue weighted by Gasteiger charge is 2.42. The van der Waals surface area contributed by atoms with Gasteiger partial charge >= 0.3 is 6.18 Å². The molecule has 146 valence electrons. The number of carbonyl (C=O) groups is 1. The van der Waals surface area contributed by atoms with E-state index in [0.717, 1.165) is 10.6 Å². The first-order valence-electron chi connectivity index (χ1n) is 8.68. The first-order chi connectivity index (χ1) is 13.4. The Morgan fingerprint density at radius 1 is 1.25 bits per heavy atom. The third-order valence-electron chi connectivity index (χ3n) is 4.65. The molecule has 6 nitrogen and oxygen atoms in total. The molecule has 3 heterocycles. The highest BCUT2D eigenvalue weighted by Crippen LogP contribution is 2.34. The van der Waals surface area contributed by atoms with E-state index in [4.69, 9.17) is 0 Å². The highest BCUT2D eigenvalue weighted by atomic mass is 32.1. The molecule has 1 aliphatic rings. The summed E-state index contributed by atoms with van der Waals surface area (Å²) >= 11 is 1.35. The highest BCUT2D eigenvalue weighted by molar-refractivity contribution is 7.13. The topological polar surface area (TPSA) is 72.7 Å². The Balaban J connectivity index is 1.43. The Kier molecular flexibility index (Phi) is 4.88. The fourth-order valence-electron chi connectivity index (χ4n) is 3.12. The number of hydrogen-bond donors (Lipinski definition) is 1. The van der Waals surface area contributed by atoms with Crippen LogP contribution < -0.4 is 5.32 Å². The number of nitrogens with one attached hydrogen (secondary N) is 1. The molecule has 1 amide bonds. The van der Waals surface area contributed by atoms with Crippen molar-refractivity contribution in [3.8, 4) is 10.6 Å². The second-order valence-corrected chi connectivity index (χ2v) is 7.36. The smallest absolute Gasteiger partial charge is 0.343 e. The van der Waals surface area contributed by atoms with Crippen molar-refractivity contribution in [1.29, 1.82) is 0 Å². The molecule has 4 rings (SSSR count). The van der Waals surface area contributed by atoms with Gasteiger partial charge in [-0.1, -0.05) is 30.3 Å². The minimum Gasteiger partial charge on any atom is -0.343 e. The number of thiazole rings is 1. The number of carbonyl (C=O) groups excluding carboxylic acids is 1. The van der Waals surface area contributed by atoms with Gasteiger partial charge in [-0.05, 0) is 6.42 Å². The SMILES string of the molecule is O=C(NCc1nnc2n1C[C@@H](C(F)(F)F)CC2)c1csc(-c2ccccc2)n1. The molecule has 0 spiro atoms. The fourth-order valence-corrected chi connectivity index (χ4v) is 3.93. The average molecular weight is 407 g/mol. The second kappa shape index (κ2) is 7.34. The largest absolute Gasteiger partial charge is 0.393 e. The van der Waals surface area contributed by atoms with Gasteiger partial charge in [0.2, 0.25) is 0 Å². The number of benzene rings is 1. The van der Waals surface area contributed by atoms with Gasteiger partial charge in [0.25, 0.3) is 5.91 Å². The number of fused-ring (bicyclic) bond motifs is 1. The monoisotopic (exact) mass is 407 g/mol. The van der Waals surface area contributed by atoms with Crippen LogP contribution in [0.4, 0.5) is 13.2 Å². The van der Waals surface area contributed by atoms with Crippen molar-refractivity contribution in [2.75, 3.05) is 0 Å². The van der Waals surface area contributed by atoms with Crippen molar-refractivity contribution in [3.05, 3.63) is 53.1 Å². The molecular formula is C18H16F3N5OS. The van der Waals surface area contributed by atoms with Crippen LogP contribution in [0.3, 0.4) is 0 Å². The molecule has 0 fully saturated rings. The van der Waals surface area contributed by atoms with Crippen LogP contribution in [0, 0.1) is 5.92 Å². The summed E-state index contributed by atoms with van der Waals surface area (Å²) in [6.07, 6.45) is -4.02. The summed E-state index contributed by atoms with van der Waals surface area (Å²) in [5.74, 6) is -0.989. The molecule has 1 aromatic carbocycles. The zero-order chi connectivity index (χ0) is 19.7. The number of rotatable bonds is 4. The van der Waals surface area contributed by atoms with Gasteiger partial charge in [0, 0.05) is 23.9 Å². The average Bonchev–Trinajstić information content (AvgIpc) is 3.33. The van der Waals surface area contributed by atoms with E-state index in [2.05, 4.69) is 20.5 Å². The van der Waals surface area contributed by atoms with Crippen LogP contribution in [0.2, 0.25) is 0 Å². The number of amides is 1. The molecule has 1 aliphatic heterocycles. The predicted molar refractivity (Wildman–Crippen MR) is 96.6 cm³/mol. The lowest BCUT2D eigenvalue weighted by Crippen LogP contribution is -2.34. The molecule has 1 atom stereocenters. The Hall–Kier alpha value is -2.75. The number of halogens is 3. The Morgan fingerprint density at radius 3 is 2.79 bits per heavy atom. The van der Waals surface area contributed by atoms with Crippen LogP contribution in [-0.4, -0.2) is 31.8 Å². The third-order valence-corrected chi connectivity index (χ3v) is 5.54. The predicted octanol–water partition coefficient (Wildman–Crippen LogP) is 3.46. The summed E-state index contributed by atoms with van der Waals surface area (Å²) in [6, 6.07) is 9.48. The summed E-state index contributed by atoms with van der Waals surface area (Å²) < 4.78 is 40.5. The zero-order valence-corrected chi connectivity index (χ0v) is 15.4. The molecule has 28 heavy (non-hydrogen) atoms. The molecular weight excluding hydrogens is 391 g/mol. The number of nitrogens with zero attached hydrogens (tertiary/aromatic N) is 4. The van der Waals surface area contributed by atoms with Crippen LogP contribution in [0.5, 0.6) is 0 Å². The molecule has 0 unspecified atom stereocenters. The van der Waals surface area contributed by atoms with E-state index in [0.29, 0.717) is 11.6 Å². The second-order valence-electron chi connectivity index (χ2n) is 6.51.